The van der Waals surface area contributed by atoms with Crippen LogP contribution in [0, 0.1) is 0 Å². The Bertz CT molecular complexity index is 990. The lowest BCUT2D eigenvalue weighted by Crippen LogP contribution is -2.19. The van der Waals surface area contributed by atoms with E-state index in [1.807, 2.05) is 6.07 Å². The van der Waals surface area contributed by atoms with Crippen molar-refractivity contribution in [1.82, 2.24) is 5.32 Å². The molecule has 3 heteroatoms. The van der Waals surface area contributed by atoms with Gasteiger partial charge in [0.15, 0.2) is 11.5 Å². The zero-order valence-electron chi connectivity index (χ0n) is 17.2. The van der Waals surface area contributed by atoms with Gasteiger partial charge in [-0.15, -0.1) is 0 Å². The molecule has 0 heterocycles. The fraction of sp³-hybridized carbons (Fsp3) is 0.308. The molecular weight excluding hydrogens is 358 g/mol. The lowest BCUT2D eigenvalue weighted by Gasteiger charge is -2.21. The maximum atomic E-state index is 6.23. The molecule has 1 unspecified atom stereocenters. The fourth-order valence-corrected chi connectivity index (χ4v) is 3.97. The molecule has 0 amide bonds. The van der Waals surface area contributed by atoms with Gasteiger partial charge in [0.25, 0.3) is 0 Å². The summed E-state index contributed by atoms with van der Waals surface area (Å²) in [5.41, 5.74) is 2.51. The predicted octanol–water partition coefficient (Wildman–Crippen LogP) is 6.19. The van der Waals surface area contributed by atoms with Crippen LogP contribution >= 0.6 is 0 Å². The maximum Gasteiger partial charge on any atom is 0.162 e. The molecule has 0 radical (unpaired) electrons. The van der Waals surface area contributed by atoms with E-state index in [1.165, 1.54) is 28.3 Å². The quantitative estimate of drug-likeness (QED) is 0.491. The van der Waals surface area contributed by atoms with Crippen molar-refractivity contribution in [2.24, 2.45) is 0 Å². The van der Waals surface area contributed by atoms with Crippen LogP contribution in [-0.4, -0.2) is 13.2 Å². The van der Waals surface area contributed by atoms with E-state index in [4.69, 9.17) is 9.47 Å². The molecule has 3 nitrogen and oxygen atoms in total. The second-order valence-electron chi connectivity index (χ2n) is 7.67. The molecule has 1 aliphatic rings. The standard InChI is InChI=1S/C26H29NO2/c1-19(23-14-8-10-21-9-6-7-13-24(21)23)27-18-20-15-16-25(28-2)26(17-20)29-22-11-4-3-5-12-22/h4,6-11,13-17,19,22,27H,3,5,12,18H2,1-2H3/t19?,22-/m0/s1. The summed E-state index contributed by atoms with van der Waals surface area (Å²) in [6.45, 7) is 2.99. The number of rotatable bonds is 7. The van der Waals surface area contributed by atoms with Crippen LogP contribution in [0.4, 0.5) is 0 Å². The average molecular weight is 388 g/mol. The number of ether oxygens (including phenoxy) is 2. The Morgan fingerprint density at radius 2 is 1.90 bits per heavy atom. The van der Waals surface area contributed by atoms with E-state index >= 15 is 0 Å². The van der Waals surface area contributed by atoms with Crippen LogP contribution in [0.5, 0.6) is 11.5 Å². The lowest BCUT2D eigenvalue weighted by atomic mass is 9.99. The van der Waals surface area contributed by atoms with Crippen LogP contribution in [0.15, 0.2) is 72.8 Å². The Kier molecular flexibility index (Phi) is 6.16. The van der Waals surface area contributed by atoms with Crippen LogP contribution in [0.3, 0.4) is 0 Å². The SMILES string of the molecule is COc1ccc(CNC(C)c2cccc3ccccc23)cc1O[C@H]1C=CCCC1. The highest BCUT2D eigenvalue weighted by Crippen LogP contribution is 2.31. The largest absolute Gasteiger partial charge is 0.493 e. The molecule has 0 saturated carbocycles. The van der Waals surface area contributed by atoms with E-state index in [-0.39, 0.29) is 12.1 Å². The highest BCUT2D eigenvalue weighted by molar-refractivity contribution is 5.86. The smallest absolute Gasteiger partial charge is 0.162 e. The third-order valence-electron chi connectivity index (χ3n) is 5.62. The van der Waals surface area contributed by atoms with Crippen molar-refractivity contribution in [3.8, 4) is 11.5 Å². The predicted molar refractivity (Wildman–Crippen MR) is 120 cm³/mol. The molecule has 3 aromatic rings. The number of hydrogen-bond donors (Lipinski definition) is 1. The van der Waals surface area contributed by atoms with Crippen LogP contribution in [0.1, 0.15) is 43.4 Å². The van der Waals surface area contributed by atoms with Crippen molar-refractivity contribution < 1.29 is 9.47 Å². The average Bonchev–Trinajstić information content (AvgIpc) is 2.78. The molecule has 1 aliphatic carbocycles. The number of fused-ring (bicyclic) bond motifs is 1. The zero-order valence-corrected chi connectivity index (χ0v) is 17.2. The normalized spacial score (nSPS) is 17.2. The molecule has 0 aromatic heterocycles. The number of allylic oxidation sites excluding steroid dienone is 1. The van der Waals surface area contributed by atoms with E-state index in [0.717, 1.165) is 30.9 Å². The summed E-state index contributed by atoms with van der Waals surface area (Å²) >= 11 is 0. The molecule has 2 atom stereocenters. The number of methoxy groups -OCH3 is 1. The van der Waals surface area contributed by atoms with Gasteiger partial charge in [0.1, 0.15) is 6.10 Å². The Morgan fingerprint density at radius 3 is 2.72 bits per heavy atom. The summed E-state index contributed by atoms with van der Waals surface area (Å²) in [7, 11) is 1.69. The first-order valence-electron chi connectivity index (χ1n) is 10.5. The summed E-state index contributed by atoms with van der Waals surface area (Å²) < 4.78 is 11.7. The molecule has 4 rings (SSSR count). The molecule has 0 aliphatic heterocycles. The van der Waals surface area contributed by atoms with Crippen LogP contribution in [0.2, 0.25) is 0 Å². The van der Waals surface area contributed by atoms with E-state index in [0.29, 0.717) is 0 Å². The first-order chi connectivity index (χ1) is 14.2. The Balaban J connectivity index is 1.48. The highest BCUT2D eigenvalue weighted by Gasteiger charge is 2.14. The Morgan fingerprint density at radius 1 is 1.03 bits per heavy atom. The van der Waals surface area contributed by atoms with Gasteiger partial charge in [-0.25, -0.2) is 0 Å². The molecule has 1 N–H and O–H groups in total. The molecule has 150 valence electrons. The summed E-state index contributed by atoms with van der Waals surface area (Å²) in [6, 6.07) is 21.5. The molecule has 29 heavy (non-hydrogen) atoms. The van der Waals surface area contributed by atoms with Gasteiger partial charge in [0.05, 0.1) is 7.11 Å². The van der Waals surface area contributed by atoms with Crippen molar-refractivity contribution in [3.05, 3.63) is 83.9 Å². The second kappa shape index (κ2) is 9.15. The number of nitrogens with one attached hydrogen (secondary N) is 1. The lowest BCUT2D eigenvalue weighted by molar-refractivity contribution is 0.219. The minimum atomic E-state index is 0.135. The van der Waals surface area contributed by atoms with Gasteiger partial charge in [0, 0.05) is 12.6 Å². The fourth-order valence-electron chi connectivity index (χ4n) is 3.97. The molecule has 0 spiro atoms. The second-order valence-corrected chi connectivity index (χ2v) is 7.67. The van der Waals surface area contributed by atoms with Crippen molar-refractivity contribution in [2.45, 2.75) is 44.9 Å². The molecule has 0 fully saturated rings. The first kappa shape index (κ1) is 19.5. The topological polar surface area (TPSA) is 30.5 Å². The maximum absolute atomic E-state index is 6.23. The van der Waals surface area contributed by atoms with Gasteiger partial charge in [-0.3, -0.25) is 0 Å². The van der Waals surface area contributed by atoms with Gasteiger partial charge in [-0.05, 0) is 66.3 Å². The Labute approximate surface area is 173 Å². The van der Waals surface area contributed by atoms with E-state index in [1.54, 1.807) is 7.11 Å². The minimum absolute atomic E-state index is 0.135. The van der Waals surface area contributed by atoms with Crippen molar-refractivity contribution >= 4 is 10.8 Å². The third-order valence-corrected chi connectivity index (χ3v) is 5.62. The summed E-state index contributed by atoms with van der Waals surface area (Å²) in [5, 5.41) is 6.25. The monoisotopic (exact) mass is 387 g/mol. The van der Waals surface area contributed by atoms with Crippen molar-refractivity contribution in [3.63, 3.8) is 0 Å². The van der Waals surface area contributed by atoms with Crippen LogP contribution in [-0.2, 0) is 6.54 Å². The van der Waals surface area contributed by atoms with E-state index in [9.17, 15) is 0 Å². The molecular formula is C26H29NO2. The van der Waals surface area contributed by atoms with Gasteiger partial charge in [0.2, 0.25) is 0 Å². The highest BCUT2D eigenvalue weighted by atomic mass is 16.5. The first-order valence-corrected chi connectivity index (χ1v) is 10.5. The van der Waals surface area contributed by atoms with Crippen LogP contribution < -0.4 is 14.8 Å². The number of benzene rings is 3. The van der Waals surface area contributed by atoms with E-state index in [2.05, 4.69) is 79.0 Å². The zero-order chi connectivity index (χ0) is 20.1. The summed E-state index contributed by atoms with van der Waals surface area (Å²) in [6.07, 6.45) is 7.88. The van der Waals surface area contributed by atoms with Gasteiger partial charge in [-0.1, -0.05) is 54.6 Å². The number of hydrogen-bond acceptors (Lipinski definition) is 3. The summed E-state index contributed by atoms with van der Waals surface area (Å²) in [4.78, 5) is 0. The van der Waals surface area contributed by atoms with E-state index < -0.39 is 0 Å². The molecule has 0 saturated heterocycles. The minimum Gasteiger partial charge on any atom is -0.493 e. The van der Waals surface area contributed by atoms with Crippen LogP contribution in [0.25, 0.3) is 10.8 Å². The molecule has 0 bridgehead atoms. The summed E-state index contributed by atoms with van der Waals surface area (Å²) in [5.74, 6) is 1.61. The molecule has 3 aromatic carbocycles. The van der Waals surface area contributed by atoms with Crippen molar-refractivity contribution in [2.75, 3.05) is 7.11 Å². The van der Waals surface area contributed by atoms with Gasteiger partial charge in [-0.2, -0.15) is 0 Å². The van der Waals surface area contributed by atoms with Gasteiger partial charge >= 0.3 is 0 Å². The van der Waals surface area contributed by atoms with Crippen molar-refractivity contribution in [1.29, 1.82) is 0 Å². The Hall–Kier alpha value is -2.78. The third kappa shape index (κ3) is 4.63. The van der Waals surface area contributed by atoms with Gasteiger partial charge < -0.3 is 14.8 Å².